The average molecular weight is 313 g/mol. The summed E-state index contributed by atoms with van der Waals surface area (Å²) in [5.41, 5.74) is 0.0620. The predicted octanol–water partition coefficient (Wildman–Crippen LogP) is 2.53. The molecule has 0 aliphatic heterocycles. The van der Waals surface area contributed by atoms with Crippen molar-refractivity contribution in [1.29, 1.82) is 0 Å². The summed E-state index contributed by atoms with van der Waals surface area (Å²) in [6.07, 6.45) is 3.80. The lowest BCUT2D eigenvalue weighted by molar-refractivity contribution is -0.384. The van der Waals surface area contributed by atoms with Crippen LogP contribution in [0, 0.1) is 16.0 Å². The Labute approximate surface area is 127 Å². The van der Waals surface area contributed by atoms with E-state index in [1.54, 1.807) is 0 Å². The number of rotatable bonds is 4. The molecule has 2 N–H and O–H groups in total. The first-order valence-electron chi connectivity index (χ1n) is 6.88. The third-order valence-corrected chi connectivity index (χ3v) is 4.17. The highest BCUT2D eigenvalue weighted by atomic mass is 35.5. The summed E-state index contributed by atoms with van der Waals surface area (Å²) in [6, 6.07) is 3.84. The molecule has 1 saturated carbocycles. The summed E-state index contributed by atoms with van der Waals surface area (Å²) in [4.78, 5) is 22.3. The largest absolute Gasteiger partial charge is 0.396 e. The van der Waals surface area contributed by atoms with E-state index in [9.17, 15) is 20.0 Å². The number of hydrogen-bond donors (Lipinski definition) is 2. The van der Waals surface area contributed by atoms with Gasteiger partial charge < -0.3 is 10.4 Å². The van der Waals surface area contributed by atoms with Gasteiger partial charge in [-0.25, -0.2) is 0 Å². The van der Waals surface area contributed by atoms with Gasteiger partial charge in [0, 0.05) is 30.2 Å². The number of carbonyl (C=O) groups is 1. The molecule has 2 unspecified atom stereocenters. The van der Waals surface area contributed by atoms with E-state index in [4.69, 9.17) is 11.6 Å². The molecule has 0 radical (unpaired) electrons. The third kappa shape index (κ3) is 3.71. The highest BCUT2D eigenvalue weighted by Gasteiger charge is 2.26. The van der Waals surface area contributed by atoms with Crippen molar-refractivity contribution >= 4 is 23.2 Å². The van der Waals surface area contributed by atoms with E-state index >= 15 is 0 Å². The number of nitro groups is 1. The summed E-state index contributed by atoms with van der Waals surface area (Å²) >= 11 is 5.81. The van der Waals surface area contributed by atoms with E-state index in [1.165, 1.54) is 18.2 Å². The van der Waals surface area contributed by atoms with Crippen LogP contribution in [0.15, 0.2) is 18.2 Å². The minimum Gasteiger partial charge on any atom is -0.396 e. The van der Waals surface area contributed by atoms with Crippen molar-refractivity contribution < 1.29 is 14.8 Å². The molecule has 2 rings (SSSR count). The number of halogens is 1. The van der Waals surface area contributed by atoms with Crippen molar-refractivity contribution in [2.75, 3.05) is 6.61 Å². The Morgan fingerprint density at radius 2 is 2.14 bits per heavy atom. The fourth-order valence-corrected chi connectivity index (χ4v) is 2.91. The Balaban J connectivity index is 2.09. The lowest BCUT2D eigenvalue weighted by Gasteiger charge is -2.30. The Bertz CT molecular complexity index is 550. The van der Waals surface area contributed by atoms with Crippen LogP contribution in [-0.4, -0.2) is 28.6 Å². The predicted molar refractivity (Wildman–Crippen MR) is 78.4 cm³/mol. The second kappa shape index (κ2) is 6.87. The molecule has 6 nitrogen and oxygen atoms in total. The van der Waals surface area contributed by atoms with Gasteiger partial charge in [-0.1, -0.05) is 24.4 Å². The van der Waals surface area contributed by atoms with E-state index in [0.29, 0.717) is 0 Å². The van der Waals surface area contributed by atoms with Gasteiger partial charge in [0.15, 0.2) is 0 Å². The van der Waals surface area contributed by atoms with Crippen LogP contribution in [0.3, 0.4) is 0 Å². The van der Waals surface area contributed by atoms with E-state index in [1.807, 2.05) is 0 Å². The quantitative estimate of drug-likeness (QED) is 0.660. The number of aliphatic hydroxyl groups excluding tert-OH is 1. The second-order valence-electron chi connectivity index (χ2n) is 5.23. The lowest BCUT2D eigenvalue weighted by atomic mass is 9.85. The van der Waals surface area contributed by atoms with Crippen molar-refractivity contribution in [3.63, 3.8) is 0 Å². The maximum atomic E-state index is 12.2. The molecule has 0 spiro atoms. The van der Waals surface area contributed by atoms with Crippen molar-refractivity contribution in [2.45, 2.75) is 31.7 Å². The summed E-state index contributed by atoms with van der Waals surface area (Å²) in [5.74, 6) is -0.256. The monoisotopic (exact) mass is 312 g/mol. The molecule has 1 aliphatic carbocycles. The summed E-state index contributed by atoms with van der Waals surface area (Å²) in [7, 11) is 0. The fraction of sp³-hybridized carbons (Fsp3) is 0.500. The van der Waals surface area contributed by atoms with Crippen LogP contribution < -0.4 is 5.32 Å². The summed E-state index contributed by atoms with van der Waals surface area (Å²) in [5, 5.41) is 22.9. The molecule has 21 heavy (non-hydrogen) atoms. The maximum absolute atomic E-state index is 12.2. The number of nitrogens with zero attached hydrogens (tertiary/aromatic N) is 1. The molecule has 114 valence electrons. The Kier molecular flexibility index (Phi) is 5.14. The van der Waals surface area contributed by atoms with Crippen molar-refractivity contribution in [1.82, 2.24) is 5.32 Å². The molecule has 0 aromatic heterocycles. The van der Waals surface area contributed by atoms with Gasteiger partial charge in [0.25, 0.3) is 11.6 Å². The van der Waals surface area contributed by atoms with Crippen molar-refractivity contribution in [2.24, 2.45) is 5.92 Å². The first kappa shape index (κ1) is 15.7. The van der Waals surface area contributed by atoms with Crippen molar-refractivity contribution in [3.05, 3.63) is 38.9 Å². The van der Waals surface area contributed by atoms with E-state index in [0.717, 1.165) is 25.7 Å². The van der Waals surface area contributed by atoms with Crippen LogP contribution in [0.1, 0.15) is 36.0 Å². The van der Waals surface area contributed by atoms with E-state index in [2.05, 4.69) is 5.32 Å². The van der Waals surface area contributed by atoms with Crippen molar-refractivity contribution in [3.8, 4) is 0 Å². The van der Waals surface area contributed by atoms with Gasteiger partial charge in [-0.2, -0.15) is 0 Å². The highest BCUT2D eigenvalue weighted by Crippen LogP contribution is 2.26. The van der Waals surface area contributed by atoms with E-state index < -0.39 is 4.92 Å². The van der Waals surface area contributed by atoms with Gasteiger partial charge in [-0.3, -0.25) is 14.9 Å². The molecule has 1 amide bonds. The lowest BCUT2D eigenvalue weighted by Crippen LogP contribution is -2.43. The van der Waals surface area contributed by atoms with Gasteiger partial charge >= 0.3 is 0 Å². The number of nitrogens with one attached hydrogen (secondary N) is 1. The molecular formula is C14H17ClN2O4. The van der Waals surface area contributed by atoms with Gasteiger partial charge in [-0.15, -0.1) is 0 Å². The second-order valence-corrected chi connectivity index (χ2v) is 5.64. The first-order chi connectivity index (χ1) is 10.0. The number of carbonyl (C=O) groups excluding carboxylic acids is 1. The van der Waals surface area contributed by atoms with Crippen LogP contribution >= 0.6 is 11.6 Å². The number of hydrogen-bond acceptors (Lipinski definition) is 4. The summed E-state index contributed by atoms with van der Waals surface area (Å²) in [6.45, 7) is 0.0476. The highest BCUT2D eigenvalue weighted by molar-refractivity contribution is 6.33. The topological polar surface area (TPSA) is 92.5 Å². The normalized spacial score (nSPS) is 21.8. The molecule has 0 bridgehead atoms. The zero-order chi connectivity index (χ0) is 15.4. The minimum atomic E-state index is -0.590. The molecule has 0 saturated heterocycles. The smallest absolute Gasteiger partial charge is 0.287 e. The zero-order valence-corrected chi connectivity index (χ0v) is 12.2. The molecule has 7 heteroatoms. The van der Waals surface area contributed by atoms with Crippen LogP contribution in [0.2, 0.25) is 5.02 Å². The number of benzene rings is 1. The molecule has 1 aliphatic rings. The number of aliphatic hydroxyl groups is 1. The molecule has 1 aromatic carbocycles. The number of amides is 1. The maximum Gasteiger partial charge on any atom is 0.287 e. The zero-order valence-electron chi connectivity index (χ0n) is 11.4. The molecule has 1 fully saturated rings. The van der Waals surface area contributed by atoms with E-state index in [-0.39, 0.29) is 40.7 Å². The van der Waals surface area contributed by atoms with Gasteiger partial charge in [0.1, 0.15) is 5.02 Å². The van der Waals surface area contributed by atoms with Gasteiger partial charge in [0.2, 0.25) is 0 Å². The minimum absolute atomic E-state index is 0.0476. The van der Waals surface area contributed by atoms with Crippen LogP contribution in [0.25, 0.3) is 0 Å². The molecule has 0 heterocycles. The fourth-order valence-electron chi connectivity index (χ4n) is 2.66. The Morgan fingerprint density at radius 3 is 2.76 bits per heavy atom. The number of nitro benzene ring substituents is 1. The standard InChI is InChI=1S/C14H17ClN2O4/c15-11-7-9(5-6-13(11)17(20)21)14(19)16-12-4-2-1-3-10(12)8-18/h5-7,10,12,18H,1-4,8H2,(H,16,19). The third-order valence-electron chi connectivity index (χ3n) is 3.87. The van der Waals surface area contributed by atoms with Gasteiger partial charge in [-0.05, 0) is 25.0 Å². The van der Waals surface area contributed by atoms with Crippen LogP contribution in [0.5, 0.6) is 0 Å². The SMILES string of the molecule is O=C(NC1CCCCC1CO)c1ccc([N+](=O)[O-])c(Cl)c1. The Hall–Kier alpha value is -1.66. The van der Waals surface area contributed by atoms with Crippen LogP contribution in [0.4, 0.5) is 5.69 Å². The molecule has 2 atom stereocenters. The molecular weight excluding hydrogens is 296 g/mol. The Morgan fingerprint density at radius 1 is 1.43 bits per heavy atom. The first-order valence-corrected chi connectivity index (χ1v) is 7.26. The average Bonchev–Trinajstić information content (AvgIpc) is 2.47. The summed E-state index contributed by atoms with van der Waals surface area (Å²) < 4.78 is 0. The van der Waals surface area contributed by atoms with Crippen LogP contribution in [-0.2, 0) is 0 Å². The molecule has 1 aromatic rings. The van der Waals surface area contributed by atoms with Gasteiger partial charge in [0.05, 0.1) is 4.92 Å².